The van der Waals surface area contributed by atoms with Crippen LogP contribution < -0.4 is 0 Å². The third-order valence-corrected chi connectivity index (χ3v) is 17.2. The number of carboxylic acids is 3. The normalized spacial score (nSPS) is 52.6. The summed E-state index contributed by atoms with van der Waals surface area (Å²) >= 11 is 0. The van der Waals surface area contributed by atoms with Gasteiger partial charge in [0.15, 0.2) is 30.6 Å². The molecule has 4 saturated carbocycles. The lowest BCUT2D eigenvalue weighted by Crippen LogP contribution is -2.68. The van der Waals surface area contributed by atoms with Crippen LogP contribution in [0.3, 0.4) is 0 Å². The minimum atomic E-state index is -2.05. The Bertz CT molecular complexity index is 1730. The van der Waals surface area contributed by atoms with Gasteiger partial charge in [-0.3, -0.25) is 9.59 Å². The van der Waals surface area contributed by atoms with Gasteiger partial charge in [-0.25, -0.2) is 9.59 Å². The number of allylic oxidation sites excluding steroid dienone is 2. The summed E-state index contributed by atoms with van der Waals surface area (Å²) in [7, 11) is 0. The predicted molar refractivity (Wildman–Crippen MR) is 199 cm³/mol. The summed E-state index contributed by atoms with van der Waals surface area (Å²) < 4.78 is 23.4. The van der Waals surface area contributed by atoms with Crippen LogP contribution in [-0.4, -0.2) is 132 Å². The van der Waals surface area contributed by atoms with Gasteiger partial charge in [-0.1, -0.05) is 47.1 Å². The summed E-state index contributed by atoms with van der Waals surface area (Å²) in [4.78, 5) is 51.3. The highest BCUT2D eigenvalue weighted by Gasteiger charge is 2.71. The number of aliphatic hydroxyl groups excluding tert-OH is 5. The summed E-state index contributed by atoms with van der Waals surface area (Å²) in [6, 6.07) is 0. The quantitative estimate of drug-likeness (QED) is 0.171. The van der Waals surface area contributed by atoms with E-state index in [0.717, 1.165) is 37.7 Å². The van der Waals surface area contributed by atoms with Gasteiger partial charge in [0.25, 0.3) is 0 Å². The number of rotatable bonds is 7. The first-order chi connectivity index (χ1) is 26.8. The zero-order chi connectivity index (χ0) is 42.9. The van der Waals surface area contributed by atoms with Gasteiger partial charge in [0.05, 0.1) is 11.5 Å². The zero-order valence-electron chi connectivity index (χ0n) is 34.4. The Kier molecular flexibility index (Phi) is 10.7. The maximum Gasteiger partial charge on any atom is 0.335 e. The molecule has 7 aliphatic rings. The van der Waals surface area contributed by atoms with Crippen molar-refractivity contribution in [3.63, 3.8) is 0 Å². The number of fused-ring (bicyclic) bond motifs is 7. The first-order valence-corrected chi connectivity index (χ1v) is 20.7. The second kappa shape index (κ2) is 14.3. The molecule has 0 amide bonds. The molecular formula is C42H62O16. The van der Waals surface area contributed by atoms with Crippen LogP contribution in [0.15, 0.2) is 11.6 Å². The summed E-state index contributed by atoms with van der Waals surface area (Å²) in [6.45, 7) is 14.8. The van der Waals surface area contributed by atoms with Crippen LogP contribution in [0.5, 0.6) is 0 Å². The summed E-state index contributed by atoms with van der Waals surface area (Å²) in [6.07, 6.45) is -12.2. The fraction of sp³-hybridized carbons (Fsp3) is 0.857. The molecule has 326 valence electrons. The van der Waals surface area contributed by atoms with Crippen molar-refractivity contribution in [1.82, 2.24) is 0 Å². The molecule has 0 aromatic heterocycles. The Morgan fingerprint density at radius 1 is 0.690 bits per heavy atom. The summed E-state index contributed by atoms with van der Waals surface area (Å²) in [5, 5.41) is 83.0. The molecule has 7 rings (SSSR count). The number of hydrogen-bond acceptors (Lipinski definition) is 13. The summed E-state index contributed by atoms with van der Waals surface area (Å²) in [5.41, 5.74) is -1.81. The van der Waals surface area contributed by atoms with E-state index < -0.39 is 107 Å². The predicted octanol–water partition coefficient (Wildman–Crippen LogP) is 2.25. The first kappa shape index (κ1) is 43.5. The van der Waals surface area contributed by atoms with E-state index in [1.165, 1.54) is 0 Å². The molecule has 6 fully saturated rings. The molecule has 0 radical (unpaired) electrons. The third kappa shape index (κ3) is 6.25. The van der Waals surface area contributed by atoms with Gasteiger partial charge in [0, 0.05) is 5.92 Å². The topological polar surface area (TPSA) is 267 Å². The lowest BCUT2D eigenvalue weighted by Gasteiger charge is -2.70. The molecule has 5 aliphatic carbocycles. The number of carbonyl (C=O) groups is 4. The van der Waals surface area contributed by atoms with Crippen LogP contribution in [0.4, 0.5) is 0 Å². The monoisotopic (exact) mass is 822 g/mol. The van der Waals surface area contributed by atoms with Crippen molar-refractivity contribution in [2.45, 2.75) is 174 Å². The van der Waals surface area contributed by atoms with Crippen molar-refractivity contribution in [2.24, 2.45) is 50.2 Å². The van der Waals surface area contributed by atoms with Crippen LogP contribution in [0.1, 0.15) is 106 Å². The van der Waals surface area contributed by atoms with Gasteiger partial charge in [-0.2, -0.15) is 0 Å². The van der Waals surface area contributed by atoms with Crippen molar-refractivity contribution < 1.29 is 79.0 Å². The van der Waals surface area contributed by atoms with Crippen LogP contribution in [0.2, 0.25) is 0 Å². The molecule has 0 unspecified atom stereocenters. The van der Waals surface area contributed by atoms with E-state index in [1.54, 1.807) is 0 Å². The SMILES string of the molecule is CC1(C)[C@@H](O[C@H]2O[C@H](C(=O)O)[C@@H](O)[C@H](O)[C@H]2O[C@@H]2O[C@H](C(=O)O)[C@@H](O)[C@H](O)[C@H]2O)CC[C@@]2(C)[C@H]1CC[C@]1(C)[C@H]2C(=O)C=C2[C@H]3C[C@@](C)(C(=O)O)CC[C@]3(C)CC[C@]21C. The lowest BCUT2D eigenvalue weighted by atomic mass is 9.33. The fourth-order valence-electron chi connectivity index (χ4n) is 13.4. The van der Waals surface area contributed by atoms with Crippen molar-refractivity contribution in [3.8, 4) is 0 Å². The molecule has 2 saturated heterocycles. The number of ketones is 1. The van der Waals surface area contributed by atoms with Crippen LogP contribution >= 0.6 is 0 Å². The van der Waals surface area contributed by atoms with Crippen molar-refractivity contribution in [3.05, 3.63) is 11.6 Å². The van der Waals surface area contributed by atoms with E-state index >= 15 is 0 Å². The van der Waals surface area contributed by atoms with Gasteiger partial charge in [0.2, 0.25) is 0 Å². The van der Waals surface area contributed by atoms with E-state index in [0.29, 0.717) is 25.7 Å². The zero-order valence-corrected chi connectivity index (χ0v) is 34.4. The molecule has 16 nitrogen and oxygen atoms in total. The Morgan fingerprint density at radius 3 is 1.88 bits per heavy atom. The number of ether oxygens (including phenoxy) is 4. The largest absolute Gasteiger partial charge is 0.481 e. The Morgan fingerprint density at radius 2 is 1.28 bits per heavy atom. The highest BCUT2D eigenvalue weighted by molar-refractivity contribution is 5.95. The van der Waals surface area contributed by atoms with E-state index in [1.807, 2.05) is 26.8 Å². The third-order valence-electron chi connectivity index (χ3n) is 17.2. The van der Waals surface area contributed by atoms with Gasteiger partial charge in [-0.05, 0) is 110 Å². The Hall–Kier alpha value is -2.54. The van der Waals surface area contributed by atoms with Crippen LogP contribution in [-0.2, 0) is 38.1 Å². The molecule has 0 spiro atoms. The fourth-order valence-corrected chi connectivity index (χ4v) is 13.4. The van der Waals surface area contributed by atoms with Crippen molar-refractivity contribution in [1.29, 1.82) is 0 Å². The average Bonchev–Trinajstić information content (AvgIpc) is 3.13. The lowest BCUT2D eigenvalue weighted by molar-refractivity contribution is -0.371. The molecule has 2 heterocycles. The highest BCUT2D eigenvalue weighted by Crippen LogP contribution is 2.75. The minimum Gasteiger partial charge on any atom is -0.481 e. The molecule has 2 aliphatic heterocycles. The smallest absolute Gasteiger partial charge is 0.335 e. The minimum absolute atomic E-state index is 0.0217. The number of aliphatic carboxylic acids is 3. The van der Waals surface area contributed by atoms with E-state index in [4.69, 9.17) is 18.9 Å². The molecule has 16 heteroatoms. The summed E-state index contributed by atoms with van der Waals surface area (Å²) in [5.74, 6) is -4.47. The van der Waals surface area contributed by atoms with E-state index in [9.17, 15) is 60.0 Å². The van der Waals surface area contributed by atoms with Gasteiger partial charge in [0.1, 0.15) is 36.6 Å². The maximum absolute atomic E-state index is 14.8. The molecule has 0 bridgehead atoms. The molecule has 0 aromatic rings. The molecule has 0 aromatic carbocycles. The standard InChI is InChI=1S/C42H62O16/c1-37(2)21-8-11-42(7)31(20(43)16-18-19-17-39(4,36(53)54)13-12-38(19,3)14-15-41(18,42)6)40(21,5)10-9-22(37)55-35-30(26(47)25(46)29(57-35)33(51)52)58-34-27(48)23(44)24(45)28(56-34)32(49)50/h16,19,21-31,34-35,44-48H,8-15,17H2,1-7H3,(H,49,50)(H,51,52)(H,53,54)/t19-,21+,22+,23+,24+,25+,26+,27-,28+,29+,30-,31+,34+,35+,38-,39+,40+,41-,42-/m1/s1. The Labute approximate surface area is 337 Å². The molecule has 58 heavy (non-hydrogen) atoms. The highest BCUT2D eigenvalue weighted by atomic mass is 16.8. The second-order valence-electron chi connectivity index (χ2n) is 20.6. The number of carboxylic acid groups (broad SMARTS) is 3. The van der Waals surface area contributed by atoms with Crippen LogP contribution in [0, 0.1) is 50.2 Å². The van der Waals surface area contributed by atoms with Crippen LogP contribution in [0.25, 0.3) is 0 Å². The maximum atomic E-state index is 14.8. The molecular weight excluding hydrogens is 760 g/mol. The van der Waals surface area contributed by atoms with Crippen molar-refractivity contribution >= 4 is 23.7 Å². The number of aliphatic hydroxyl groups is 5. The van der Waals surface area contributed by atoms with E-state index in [-0.39, 0.29) is 34.4 Å². The number of carbonyl (C=O) groups excluding carboxylic acids is 1. The van der Waals surface area contributed by atoms with Gasteiger partial charge >= 0.3 is 17.9 Å². The molecule has 19 atom stereocenters. The van der Waals surface area contributed by atoms with Crippen molar-refractivity contribution in [2.75, 3.05) is 0 Å². The Balaban J connectivity index is 1.17. The van der Waals surface area contributed by atoms with Gasteiger partial charge in [-0.15, -0.1) is 0 Å². The molecule has 8 N–H and O–H groups in total. The average molecular weight is 823 g/mol. The van der Waals surface area contributed by atoms with Gasteiger partial charge < -0.3 is 59.8 Å². The van der Waals surface area contributed by atoms with E-state index in [2.05, 4.69) is 27.7 Å². The first-order valence-electron chi connectivity index (χ1n) is 20.7. The number of hydrogen-bond donors (Lipinski definition) is 8. The second-order valence-corrected chi connectivity index (χ2v) is 20.6.